The van der Waals surface area contributed by atoms with Crippen molar-refractivity contribution in [1.82, 2.24) is 5.32 Å². The van der Waals surface area contributed by atoms with E-state index in [1.54, 1.807) is 0 Å². The number of hydrogen-bond acceptors (Lipinski definition) is 3. The summed E-state index contributed by atoms with van der Waals surface area (Å²) in [5.74, 6) is 0.690. The maximum atomic E-state index is 5.54. The van der Waals surface area contributed by atoms with Gasteiger partial charge in [0.05, 0.1) is 13.2 Å². The fourth-order valence-corrected chi connectivity index (χ4v) is 3.29. The zero-order valence-electron chi connectivity index (χ0n) is 12.4. The van der Waals surface area contributed by atoms with E-state index in [0.29, 0.717) is 12.0 Å². The van der Waals surface area contributed by atoms with Crippen LogP contribution < -0.4 is 5.32 Å². The van der Waals surface area contributed by atoms with Gasteiger partial charge in [-0.15, -0.1) is 0 Å². The van der Waals surface area contributed by atoms with E-state index >= 15 is 0 Å². The van der Waals surface area contributed by atoms with Crippen LogP contribution in [0.4, 0.5) is 0 Å². The maximum Gasteiger partial charge on any atom is 0.0725 e. The monoisotopic (exact) mass is 275 g/mol. The number of ether oxygens (including phenoxy) is 2. The lowest BCUT2D eigenvalue weighted by Crippen LogP contribution is -2.32. The summed E-state index contributed by atoms with van der Waals surface area (Å²) in [6.07, 6.45) is 3.50. The molecule has 1 atom stereocenters. The summed E-state index contributed by atoms with van der Waals surface area (Å²) in [6.45, 7) is 6.67. The summed E-state index contributed by atoms with van der Waals surface area (Å²) in [4.78, 5) is 0. The van der Waals surface area contributed by atoms with Crippen LogP contribution in [0, 0.1) is 5.92 Å². The van der Waals surface area contributed by atoms with Gasteiger partial charge >= 0.3 is 0 Å². The van der Waals surface area contributed by atoms with Crippen molar-refractivity contribution in [2.24, 2.45) is 5.92 Å². The predicted molar refractivity (Wildman–Crippen MR) is 79.5 cm³/mol. The Balaban J connectivity index is 1.80. The van der Waals surface area contributed by atoms with Gasteiger partial charge in [-0.05, 0) is 48.4 Å². The first kappa shape index (κ1) is 14.1. The lowest BCUT2D eigenvalue weighted by atomic mass is 9.86. The van der Waals surface area contributed by atoms with Crippen LogP contribution in [0.5, 0.6) is 0 Å². The molecule has 0 bridgehead atoms. The molecule has 3 rings (SSSR count). The highest BCUT2D eigenvalue weighted by Gasteiger charge is 2.26. The van der Waals surface area contributed by atoms with E-state index in [1.807, 2.05) is 0 Å². The van der Waals surface area contributed by atoms with Gasteiger partial charge in [0.2, 0.25) is 0 Å². The quantitative estimate of drug-likeness (QED) is 0.895. The molecular weight excluding hydrogens is 250 g/mol. The van der Waals surface area contributed by atoms with E-state index in [9.17, 15) is 0 Å². The van der Waals surface area contributed by atoms with Crippen molar-refractivity contribution >= 4 is 0 Å². The molecule has 110 valence electrons. The highest BCUT2D eigenvalue weighted by atomic mass is 16.5. The highest BCUT2D eigenvalue weighted by Crippen LogP contribution is 2.32. The number of hydrogen-bond donors (Lipinski definition) is 1. The molecule has 3 nitrogen and oxygen atoms in total. The highest BCUT2D eigenvalue weighted by molar-refractivity contribution is 5.35. The molecule has 1 N–H and O–H groups in total. The fourth-order valence-electron chi connectivity index (χ4n) is 3.29. The summed E-state index contributed by atoms with van der Waals surface area (Å²) in [7, 11) is 0. The minimum Gasteiger partial charge on any atom is -0.381 e. The van der Waals surface area contributed by atoms with Gasteiger partial charge in [-0.25, -0.2) is 0 Å². The summed E-state index contributed by atoms with van der Waals surface area (Å²) < 4.78 is 11.1. The molecule has 20 heavy (non-hydrogen) atoms. The Labute approximate surface area is 121 Å². The lowest BCUT2D eigenvalue weighted by Gasteiger charge is -2.31. The minimum atomic E-state index is 0.463. The molecule has 1 saturated heterocycles. The van der Waals surface area contributed by atoms with E-state index in [2.05, 4.69) is 30.4 Å². The number of benzene rings is 1. The predicted octanol–water partition coefficient (Wildman–Crippen LogP) is 3.18. The molecule has 2 aliphatic rings. The summed E-state index contributed by atoms with van der Waals surface area (Å²) in [5, 5.41) is 3.75. The van der Waals surface area contributed by atoms with Crippen molar-refractivity contribution in [2.75, 3.05) is 19.8 Å². The van der Waals surface area contributed by atoms with Gasteiger partial charge in [0.1, 0.15) is 0 Å². The van der Waals surface area contributed by atoms with Crippen LogP contribution in [0.1, 0.15) is 48.9 Å². The van der Waals surface area contributed by atoms with Crippen molar-refractivity contribution in [3.05, 3.63) is 34.9 Å². The molecule has 0 amide bonds. The molecule has 2 aliphatic heterocycles. The first-order chi connectivity index (χ1) is 9.88. The Bertz CT molecular complexity index is 441. The zero-order valence-corrected chi connectivity index (χ0v) is 12.4. The lowest BCUT2D eigenvalue weighted by molar-refractivity contribution is 0.0536. The SMILES string of the molecule is CCCNC(c1ccc2c(c1)COC2)C1CCOCC1. The van der Waals surface area contributed by atoms with Crippen molar-refractivity contribution < 1.29 is 9.47 Å². The van der Waals surface area contributed by atoms with E-state index < -0.39 is 0 Å². The van der Waals surface area contributed by atoms with E-state index in [1.165, 1.54) is 23.1 Å². The van der Waals surface area contributed by atoms with Gasteiger partial charge in [-0.3, -0.25) is 0 Å². The van der Waals surface area contributed by atoms with E-state index in [4.69, 9.17) is 9.47 Å². The second-order valence-corrected chi connectivity index (χ2v) is 5.90. The molecular formula is C17H25NO2. The fraction of sp³-hybridized carbons (Fsp3) is 0.647. The maximum absolute atomic E-state index is 5.54. The van der Waals surface area contributed by atoms with Gasteiger partial charge in [0.25, 0.3) is 0 Å². The van der Waals surface area contributed by atoms with Crippen molar-refractivity contribution in [3.8, 4) is 0 Å². The van der Waals surface area contributed by atoms with E-state index in [0.717, 1.165) is 45.8 Å². The van der Waals surface area contributed by atoms with Gasteiger partial charge in [-0.2, -0.15) is 0 Å². The van der Waals surface area contributed by atoms with Crippen molar-refractivity contribution in [1.29, 1.82) is 0 Å². The summed E-state index contributed by atoms with van der Waals surface area (Å²) in [6, 6.07) is 7.35. The number of fused-ring (bicyclic) bond motifs is 1. The molecule has 1 aromatic rings. The summed E-state index contributed by atoms with van der Waals surface area (Å²) >= 11 is 0. The second kappa shape index (κ2) is 6.70. The van der Waals surface area contributed by atoms with Crippen LogP contribution >= 0.6 is 0 Å². The average molecular weight is 275 g/mol. The summed E-state index contributed by atoms with van der Waals surface area (Å²) in [5.41, 5.74) is 4.16. The molecule has 0 spiro atoms. The molecule has 0 aliphatic carbocycles. The third-order valence-electron chi connectivity index (χ3n) is 4.46. The zero-order chi connectivity index (χ0) is 13.8. The molecule has 3 heteroatoms. The average Bonchev–Trinajstić information content (AvgIpc) is 2.96. The van der Waals surface area contributed by atoms with Gasteiger partial charge in [-0.1, -0.05) is 25.1 Å². The molecule has 1 aromatic carbocycles. The molecule has 1 unspecified atom stereocenters. The molecule has 0 radical (unpaired) electrons. The molecule has 1 fully saturated rings. The standard InChI is InChI=1S/C17H25NO2/c1-2-7-18-17(13-5-8-19-9-6-13)14-3-4-15-11-20-12-16(15)10-14/h3-4,10,13,17-18H,2,5-9,11-12H2,1H3. The van der Waals surface area contributed by atoms with Crippen LogP contribution in [0.2, 0.25) is 0 Å². The first-order valence-electron chi connectivity index (χ1n) is 7.89. The van der Waals surface area contributed by atoms with Crippen LogP contribution in [0.15, 0.2) is 18.2 Å². The smallest absolute Gasteiger partial charge is 0.0725 e. The molecule has 0 saturated carbocycles. The third kappa shape index (κ3) is 3.05. The number of rotatable bonds is 5. The van der Waals surface area contributed by atoms with Crippen LogP contribution in [0.25, 0.3) is 0 Å². The largest absolute Gasteiger partial charge is 0.381 e. The molecule has 0 aromatic heterocycles. The van der Waals surface area contributed by atoms with Crippen LogP contribution in [0.3, 0.4) is 0 Å². The first-order valence-corrected chi connectivity index (χ1v) is 7.89. The topological polar surface area (TPSA) is 30.5 Å². The Morgan fingerprint density at radius 1 is 1.15 bits per heavy atom. The number of nitrogens with one attached hydrogen (secondary N) is 1. The third-order valence-corrected chi connectivity index (χ3v) is 4.46. The normalized spacial score (nSPS) is 20.9. The Kier molecular flexibility index (Phi) is 4.71. The van der Waals surface area contributed by atoms with Crippen LogP contribution in [-0.4, -0.2) is 19.8 Å². The molecule has 2 heterocycles. The van der Waals surface area contributed by atoms with E-state index in [-0.39, 0.29) is 0 Å². The van der Waals surface area contributed by atoms with Crippen LogP contribution in [-0.2, 0) is 22.7 Å². The van der Waals surface area contributed by atoms with Crippen molar-refractivity contribution in [3.63, 3.8) is 0 Å². The Hall–Kier alpha value is -0.900. The second-order valence-electron chi connectivity index (χ2n) is 5.90. The van der Waals surface area contributed by atoms with Gasteiger partial charge in [0.15, 0.2) is 0 Å². The minimum absolute atomic E-state index is 0.463. The van der Waals surface area contributed by atoms with Crippen molar-refractivity contribution in [2.45, 2.75) is 45.4 Å². The Morgan fingerprint density at radius 3 is 2.75 bits per heavy atom. The Morgan fingerprint density at radius 2 is 1.95 bits per heavy atom. The van der Waals surface area contributed by atoms with Gasteiger partial charge in [0, 0.05) is 19.3 Å². The van der Waals surface area contributed by atoms with Gasteiger partial charge < -0.3 is 14.8 Å².